The molecule has 0 saturated heterocycles. The highest BCUT2D eigenvalue weighted by molar-refractivity contribution is 6.31. The maximum atomic E-state index is 13.8. The van der Waals surface area contributed by atoms with Gasteiger partial charge in [0.15, 0.2) is 0 Å². The van der Waals surface area contributed by atoms with E-state index in [2.05, 4.69) is 10.6 Å². The maximum absolute atomic E-state index is 13.8. The number of hydrazine groups is 1. The largest absolute Gasteiger partial charge is 0.506 e. The topological polar surface area (TPSA) is 105 Å². The number of aromatic hydroxyl groups is 2. The molecule has 8 nitrogen and oxygen atoms in total. The Bertz CT molecular complexity index is 1420. The quantitative estimate of drug-likeness (QED) is 0.210. The van der Waals surface area contributed by atoms with E-state index in [9.17, 15) is 33.0 Å². The summed E-state index contributed by atoms with van der Waals surface area (Å²) in [5, 5.41) is 28.8. The number of anilines is 2. The van der Waals surface area contributed by atoms with Crippen LogP contribution in [0.3, 0.4) is 0 Å². The number of carbonyl (C=O) groups excluding carboxylic acids is 2. The van der Waals surface area contributed by atoms with E-state index in [0.717, 1.165) is 54.3 Å². The van der Waals surface area contributed by atoms with Gasteiger partial charge >= 0.3 is 18.2 Å². The van der Waals surface area contributed by atoms with E-state index in [1.54, 1.807) is 0 Å². The first-order valence-electron chi connectivity index (χ1n) is 13.2. The average molecular weight is 625 g/mol. The van der Waals surface area contributed by atoms with Gasteiger partial charge in [0.2, 0.25) is 0 Å². The molecule has 4 amide bonds. The number of carbonyl (C=O) groups is 2. The second-order valence-corrected chi connectivity index (χ2v) is 10.8. The van der Waals surface area contributed by atoms with Gasteiger partial charge in [-0.2, -0.15) is 23.2 Å². The lowest BCUT2D eigenvalue weighted by Crippen LogP contribution is -2.57. The Morgan fingerprint density at radius 2 is 1.29 bits per heavy atom. The summed E-state index contributed by atoms with van der Waals surface area (Å²) in [7, 11) is 0. The molecule has 3 aromatic rings. The molecule has 1 saturated carbocycles. The van der Waals surface area contributed by atoms with E-state index in [4.69, 9.17) is 23.2 Å². The van der Waals surface area contributed by atoms with E-state index < -0.39 is 35.3 Å². The van der Waals surface area contributed by atoms with Crippen molar-refractivity contribution in [2.45, 2.75) is 44.8 Å². The second-order valence-electron chi connectivity index (χ2n) is 9.93. The molecule has 4 N–H and O–H groups in total. The molecule has 224 valence electrons. The van der Waals surface area contributed by atoms with Crippen LogP contribution in [0.2, 0.25) is 10.0 Å². The van der Waals surface area contributed by atoms with Crippen molar-refractivity contribution < 1.29 is 33.0 Å². The van der Waals surface area contributed by atoms with Gasteiger partial charge in [0, 0.05) is 23.1 Å². The number of urea groups is 2. The molecular weight excluding hydrogens is 596 g/mol. The number of benzene rings is 3. The Morgan fingerprint density at radius 1 is 0.786 bits per heavy atom. The molecule has 0 aromatic heterocycles. The van der Waals surface area contributed by atoms with Crippen molar-refractivity contribution in [1.82, 2.24) is 10.6 Å². The van der Waals surface area contributed by atoms with Gasteiger partial charge in [0.25, 0.3) is 0 Å². The minimum Gasteiger partial charge on any atom is -0.506 e. The Morgan fingerprint density at radius 3 is 1.79 bits per heavy atom. The number of rotatable bonds is 6. The lowest BCUT2D eigenvalue weighted by molar-refractivity contribution is -0.137. The molecule has 0 heterocycles. The zero-order chi connectivity index (χ0) is 30.4. The van der Waals surface area contributed by atoms with Crippen LogP contribution < -0.4 is 20.7 Å². The van der Waals surface area contributed by atoms with Gasteiger partial charge in [-0.3, -0.25) is 0 Å². The van der Waals surface area contributed by atoms with Crippen molar-refractivity contribution in [2.24, 2.45) is 5.92 Å². The van der Waals surface area contributed by atoms with E-state index >= 15 is 0 Å². The zero-order valence-electron chi connectivity index (χ0n) is 22.3. The normalized spacial score (nSPS) is 13.8. The highest BCUT2D eigenvalue weighted by Gasteiger charge is 2.34. The lowest BCUT2D eigenvalue weighted by Gasteiger charge is -2.35. The fourth-order valence-corrected chi connectivity index (χ4v) is 5.04. The van der Waals surface area contributed by atoms with Crippen LogP contribution in [0, 0.1) is 5.92 Å². The van der Waals surface area contributed by atoms with Gasteiger partial charge in [-0.15, -0.1) is 0 Å². The highest BCUT2D eigenvalue weighted by Crippen LogP contribution is 2.38. The van der Waals surface area contributed by atoms with Crippen LogP contribution >= 0.6 is 23.2 Å². The smallest absolute Gasteiger partial charge is 0.416 e. The number of hydrogen-bond donors (Lipinski definition) is 4. The molecule has 0 radical (unpaired) electrons. The van der Waals surface area contributed by atoms with Gasteiger partial charge in [0.05, 0.1) is 5.56 Å². The summed E-state index contributed by atoms with van der Waals surface area (Å²) in [6, 6.07) is 10.2. The number of amides is 4. The molecule has 0 atom stereocenters. The van der Waals surface area contributed by atoms with Crippen molar-refractivity contribution in [3.8, 4) is 11.5 Å². The summed E-state index contributed by atoms with van der Waals surface area (Å²) in [5.41, 5.74) is -0.891. The minimum absolute atomic E-state index is 0.126. The standard InChI is InChI=1S/C29H29Cl2F3N4O4/c30-21-10-12-25(39)23(14-21)37(27(41)35-16-18-4-2-1-3-5-18)38(24-15-22(31)11-13-26(24)40)28(42)36-17-19-6-8-20(9-7-19)29(32,33)34/h6-15,18,39-40H,1-5,16-17H2,(H,35,41)(H,36,42). The average Bonchev–Trinajstić information content (AvgIpc) is 2.96. The van der Waals surface area contributed by atoms with E-state index in [1.165, 1.54) is 48.5 Å². The minimum atomic E-state index is -4.52. The van der Waals surface area contributed by atoms with Crippen molar-refractivity contribution in [3.63, 3.8) is 0 Å². The highest BCUT2D eigenvalue weighted by atomic mass is 35.5. The summed E-state index contributed by atoms with van der Waals surface area (Å²) in [5.74, 6) is -0.594. The lowest BCUT2D eigenvalue weighted by atomic mass is 9.89. The molecular formula is C29H29Cl2F3N4O4. The number of halogens is 5. The van der Waals surface area contributed by atoms with Crippen molar-refractivity contribution in [1.29, 1.82) is 0 Å². The number of hydrogen-bond acceptors (Lipinski definition) is 4. The van der Waals surface area contributed by atoms with Crippen LogP contribution in [0.1, 0.15) is 43.2 Å². The number of phenolic OH excluding ortho intramolecular Hbond substituents is 2. The summed E-state index contributed by atoms with van der Waals surface area (Å²) in [6.45, 7) is 0.0764. The third-order valence-electron chi connectivity index (χ3n) is 6.91. The van der Waals surface area contributed by atoms with E-state index in [1.807, 2.05) is 0 Å². The van der Waals surface area contributed by atoms with Crippen LogP contribution in [-0.4, -0.2) is 28.8 Å². The predicted octanol–water partition coefficient (Wildman–Crippen LogP) is 7.85. The van der Waals surface area contributed by atoms with Crippen molar-refractivity contribution >= 4 is 46.6 Å². The maximum Gasteiger partial charge on any atom is 0.416 e. The van der Waals surface area contributed by atoms with E-state index in [0.29, 0.717) is 12.1 Å². The molecule has 13 heteroatoms. The fourth-order valence-electron chi connectivity index (χ4n) is 4.71. The van der Waals surface area contributed by atoms with Crippen LogP contribution in [0.5, 0.6) is 11.5 Å². The van der Waals surface area contributed by atoms with Gasteiger partial charge < -0.3 is 20.8 Å². The third-order valence-corrected chi connectivity index (χ3v) is 7.38. The van der Waals surface area contributed by atoms with Crippen molar-refractivity contribution in [3.05, 3.63) is 81.8 Å². The summed E-state index contributed by atoms with van der Waals surface area (Å²) >= 11 is 12.4. The molecule has 0 spiro atoms. The third kappa shape index (κ3) is 7.71. The van der Waals surface area contributed by atoms with Crippen LogP contribution in [0.15, 0.2) is 60.7 Å². The SMILES string of the molecule is O=C(NCc1ccc(C(F)(F)F)cc1)N(c1cc(Cl)ccc1O)N(C(=O)NCC1CCCCC1)c1cc(Cl)ccc1O. The summed E-state index contributed by atoms with van der Waals surface area (Å²) in [6.07, 6.45) is 0.521. The predicted molar refractivity (Wildman–Crippen MR) is 155 cm³/mol. The Balaban J connectivity index is 1.71. The Labute approximate surface area is 250 Å². The van der Waals surface area contributed by atoms with Gasteiger partial charge in [0.1, 0.15) is 22.9 Å². The number of alkyl halides is 3. The van der Waals surface area contributed by atoms with Crippen molar-refractivity contribution in [2.75, 3.05) is 16.6 Å². The molecule has 0 bridgehead atoms. The van der Waals surface area contributed by atoms with Gasteiger partial charge in [-0.05, 0) is 72.9 Å². The first-order valence-corrected chi connectivity index (χ1v) is 14.0. The molecule has 4 rings (SSSR count). The summed E-state index contributed by atoms with van der Waals surface area (Å²) < 4.78 is 38.9. The Kier molecular flexibility index (Phi) is 9.95. The second kappa shape index (κ2) is 13.4. The molecule has 0 aliphatic heterocycles. The fraction of sp³-hybridized carbons (Fsp3) is 0.310. The van der Waals surface area contributed by atoms with E-state index in [-0.39, 0.29) is 33.9 Å². The number of nitrogens with one attached hydrogen (secondary N) is 2. The molecule has 1 aliphatic rings. The zero-order valence-corrected chi connectivity index (χ0v) is 23.8. The van der Waals surface area contributed by atoms with Gasteiger partial charge in [-0.25, -0.2) is 9.59 Å². The molecule has 0 unspecified atom stereocenters. The molecule has 1 aliphatic carbocycles. The summed E-state index contributed by atoms with van der Waals surface area (Å²) in [4.78, 5) is 27.6. The number of nitrogens with zero attached hydrogens (tertiary/aromatic N) is 2. The first-order chi connectivity index (χ1) is 19.9. The Hall–Kier alpha value is -3.83. The number of phenols is 2. The molecule has 42 heavy (non-hydrogen) atoms. The van der Waals surface area contributed by atoms with Crippen LogP contribution in [0.25, 0.3) is 0 Å². The molecule has 1 fully saturated rings. The van der Waals surface area contributed by atoms with Crippen LogP contribution in [-0.2, 0) is 12.7 Å². The molecule has 3 aromatic carbocycles. The first kappa shape index (κ1) is 31.1. The van der Waals surface area contributed by atoms with Crippen LogP contribution in [0.4, 0.5) is 34.1 Å². The monoisotopic (exact) mass is 624 g/mol. The van der Waals surface area contributed by atoms with Gasteiger partial charge in [-0.1, -0.05) is 54.6 Å².